The summed E-state index contributed by atoms with van der Waals surface area (Å²) in [7, 11) is 0. The Labute approximate surface area is 159 Å². The zero-order valence-electron chi connectivity index (χ0n) is 14.4. The summed E-state index contributed by atoms with van der Waals surface area (Å²) in [4.78, 5) is 27.7. The zero-order chi connectivity index (χ0) is 19.0. The Bertz CT molecular complexity index is 885. The third-order valence-electron chi connectivity index (χ3n) is 4.90. The Morgan fingerprint density at radius 2 is 2.07 bits per heavy atom. The summed E-state index contributed by atoms with van der Waals surface area (Å²) in [6.07, 6.45) is 1.59. The first kappa shape index (κ1) is 17.9. The molecule has 0 radical (unpaired) electrons. The van der Waals surface area contributed by atoms with Crippen LogP contribution in [0.1, 0.15) is 34.1 Å². The van der Waals surface area contributed by atoms with E-state index in [4.69, 9.17) is 4.74 Å². The lowest BCUT2D eigenvalue weighted by Gasteiger charge is -2.28. The van der Waals surface area contributed by atoms with Gasteiger partial charge in [0.2, 0.25) is 5.78 Å². The largest absolute Gasteiger partial charge is 0.503 e. The van der Waals surface area contributed by atoms with Crippen molar-refractivity contribution in [2.24, 2.45) is 0 Å². The third kappa shape index (κ3) is 3.28. The molecular formula is C20H18FNO4S. The van der Waals surface area contributed by atoms with E-state index in [1.54, 1.807) is 17.5 Å². The smallest absolute Gasteiger partial charge is 0.290 e. The molecule has 0 bridgehead atoms. The second kappa shape index (κ2) is 7.25. The number of nitrogens with zero attached hydrogens (tertiary/aromatic N) is 1. The number of benzene rings is 1. The highest BCUT2D eigenvalue weighted by molar-refractivity contribution is 7.12. The molecule has 1 aromatic carbocycles. The fraction of sp³-hybridized carbons (Fsp3) is 0.300. The summed E-state index contributed by atoms with van der Waals surface area (Å²) in [6.45, 7) is 0.903. The monoisotopic (exact) mass is 387 g/mol. The molecule has 0 saturated carbocycles. The van der Waals surface area contributed by atoms with Crippen molar-refractivity contribution in [3.05, 3.63) is 69.4 Å². The van der Waals surface area contributed by atoms with Gasteiger partial charge in [0, 0.05) is 13.2 Å². The molecule has 1 amide bonds. The van der Waals surface area contributed by atoms with Crippen LogP contribution < -0.4 is 0 Å². The highest BCUT2D eigenvalue weighted by Gasteiger charge is 2.45. The van der Waals surface area contributed by atoms with Crippen LogP contribution in [0.15, 0.2) is 53.1 Å². The van der Waals surface area contributed by atoms with Gasteiger partial charge in [0.25, 0.3) is 5.91 Å². The minimum atomic E-state index is -0.767. The first-order valence-corrected chi connectivity index (χ1v) is 9.63. The first-order valence-electron chi connectivity index (χ1n) is 8.75. The molecule has 2 atom stereocenters. The maximum atomic E-state index is 13.4. The van der Waals surface area contributed by atoms with E-state index in [9.17, 15) is 19.1 Å². The van der Waals surface area contributed by atoms with Gasteiger partial charge in [-0.25, -0.2) is 4.39 Å². The molecule has 0 unspecified atom stereocenters. The van der Waals surface area contributed by atoms with Crippen molar-refractivity contribution in [2.45, 2.75) is 25.0 Å². The molecule has 2 aromatic rings. The van der Waals surface area contributed by atoms with Crippen LogP contribution >= 0.6 is 11.3 Å². The van der Waals surface area contributed by atoms with Crippen molar-refractivity contribution >= 4 is 23.0 Å². The lowest BCUT2D eigenvalue weighted by Crippen LogP contribution is -2.37. The summed E-state index contributed by atoms with van der Waals surface area (Å²) in [6, 6.07) is 8.27. The molecule has 1 aromatic heterocycles. The Kier molecular flexibility index (Phi) is 4.80. The van der Waals surface area contributed by atoms with E-state index in [0.717, 1.165) is 12.8 Å². The average Bonchev–Trinajstić information content (AvgIpc) is 3.41. The normalized spacial score (nSPS) is 22.7. The Morgan fingerprint density at radius 3 is 2.70 bits per heavy atom. The minimum Gasteiger partial charge on any atom is -0.503 e. The van der Waals surface area contributed by atoms with Crippen LogP contribution in [0.4, 0.5) is 4.39 Å². The number of halogens is 1. The topological polar surface area (TPSA) is 66.8 Å². The summed E-state index contributed by atoms with van der Waals surface area (Å²) < 4.78 is 19.0. The van der Waals surface area contributed by atoms with Gasteiger partial charge >= 0.3 is 0 Å². The third-order valence-corrected chi connectivity index (χ3v) is 5.77. The SMILES string of the molecule is O=C(C1=C(O)C(=O)N(C[C@H]2CCCO2)[C@H]1c1ccc(F)cc1)c1cccs1. The standard InChI is InChI=1S/C20H18FNO4S/c21-13-7-5-12(6-8-13)17-16(18(23)15-4-2-10-27-15)19(24)20(25)22(17)11-14-3-1-9-26-14/h2,4-8,10,14,17,24H,1,3,9,11H2/t14-,17+/m1/s1. The van der Waals surface area contributed by atoms with E-state index < -0.39 is 23.5 Å². The number of aliphatic hydroxyl groups excluding tert-OH is 1. The zero-order valence-corrected chi connectivity index (χ0v) is 15.2. The molecule has 0 spiro atoms. The van der Waals surface area contributed by atoms with Crippen LogP contribution in [-0.2, 0) is 9.53 Å². The molecule has 2 aliphatic rings. The van der Waals surface area contributed by atoms with E-state index in [2.05, 4.69) is 0 Å². The van der Waals surface area contributed by atoms with E-state index >= 15 is 0 Å². The number of hydrogen-bond acceptors (Lipinski definition) is 5. The molecule has 1 fully saturated rings. The summed E-state index contributed by atoms with van der Waals surface area (Å²) in [5.41, 5.74) is 0.610. The van der Waals surface area contributed by atoms with Gasteiger partial charge in [-0.1, -0.05) is 18.2 Å². The van der Waals surface area contributed by atoms with Gasteiger partial charge in [0.1, 0.15) is 5.82 Å². The van der Waals surface area contributed by atoms with Crippen molar-refractivity contribution in [1.82, 2.24) is 4.90 Å². The van der Waals surface area contributed by atoms with Crippen LogP contribution in [0.25, 0.3) is 0 Å². The number of ketones is 1. The Hall–Kier alpha value is -2.51. The molecule has 3 heterocycles. The number of aliphatic hydroxyl groups is 1. The molecule has 5 nitrogen and oxygen atoms in total. The van der Waals surface area contributed by atoms with Crippen molar-refractivity contribution in [3.63, 3.8) is 0 Å². The van der Waals surface area contributed by atoms with Crippen LogP contribution in [0.3, 0.4) is 0 Å². The number of amides is 1. The van der Waals surface area contributed by atoms with Crippen molar-refractivity contribution in [1.29, 1.82) is 0 Å². The fourth-order valence-electron chi connectivity index (χ4n) is 3.61. The summed E-state index contributed by atoms with van der Waals surface area (Å²) in [5, 5.41) is 12.3. The number of hydrogen-bond donors (Lipinski definition) is 1. The van der Waals surface area contributed by atoms with E-state index in [-0.39, 0.29) is 24.0 Å². The number of Topliss-reactive ketones (excluding diaryl/α,β-unsaturated/α-hetero) is 1. The number of thiophene rings is 1. The van der Waals surface area contributed by atoms with Gasteiger partial charge in [0.05, 0.1) is 22.6 Å². The first-order chi connectivity index (χ1) is 13.1. The molecule has 4 rings (SSSR count). The maximum Gasteiger partial charge on any atom is 0.290 e. The van der Waals surface area contributed by atoms with Crippen molar-refractivity contribution < 1.29 is 23.8 Å². The molecule has 140 valence electrons. The molecular weight excluding hydrogens is 369 g/mol. The van der Waals surface area contributed by atoms with Crippen LogP contribution in [-0.4, -0.2) is 41.0 Å². The molecule has 1 N–H and O–H groups in total. The second-order valence-electron chi connectivity index (χ2n) is 6.62. The molecule has 1 saturated heterocycles. The summed E-state index contributed by atoms with van der Waals surface area (Å²) in [5.74, 6) is -1.94. The highest BCUT2D eigenvalue weighted by atomic mass is 32.1. The van der Waals surface area contributed by atoms with Gasteiger partial charge in [-0.3, -0.25) is 9.59 Å². The second-order valence-corrected chi connectivity index (χ2v) is 7.56. The number of rotatable bonds is 5. The van der Waals surface area contributed by atoms with Gasteiger partial charge in [-0.15, -0.1) is 11.3 Å². The van der Waals surface area contributed by atoms with Gasteiger partial charge in [-0.05, 0) is 42.0 Å². The van der Waals surface area contributed by atoms with Crippen molar-refractivity contribution in [3.8, 4) is 0 Å². The maximum absolute atomic E-state index is 13.4. The van der Waals surface area contributed by atoms with Gasteiger partial charge < -0.3 is 14.7 Å². The lowest BCUT2D eigenvalue weighted by atomic mass is 9.95. The molecule has 2 aliphatic heterocycles. The average molecular weight is 387 g/mol. The predicted molar refractivity (Wildman–Crippen MR) is 98.1 cm³/mol. The highest BCUT2D eigenvalue weighted by Crippen LogP contribution is 2.40. The number of carbonyl (C=O) groups excluding carboxylic acids is 2. The van der Waals surface area contributed by atoms with Crippen LogP contribution in [0.5, 0.6) is 0 Å². The number of ether oxygens (including phenoxy) is 1. The molecule has 27 heavy (non-hydrogen) atoms. The minimum absolute atomic E-state index is 0.0343. The molecule has 0 aliphatic carbocycles. The van der Waals surface area contributed by atoms with Crippen LogP contribution in [0, 0.1) is 5.82 Å². The van der Waals surface area contributed by atoms with Gasteiger partial charge in [0.15, 0.2) is 5.76 Å². The van der Waals surface area contributed by atoms with Crippen molar-refractivity contribution in [2.75, 3.05) is 13.2 Å². The van der Waals surface area contributed by atoms with Gasteiger partial charge in [-0.2, -0.15) is 0 Å². The Morgan fingerprint density at radius 1 is 1.30 bits per heavy atom. The van der Waals surface area contributed by atoms with E-state index in [1.807, 2.05) is 0 Å². The van der Waals surface area contributed by atoms with E-state index in [1.165, 1.54) is 40.5 Å². The number of carbonyl (C=O) groups is 2. The quantitative estimate of drug-likeness (QED) is 0.796. The Balaban J connectivity index is 1.75. The molecule has 7 heteroatoms. The van der Waals surface area contributed by atoms with Crippen LogP contribution in [0.2, 0.25) is 0 Å². The summed E-state index contributed by atoms with van der Waals surface area (Å²) >= 11 is 1.25. The fourth-order valence-corrected chi connectivity index (χ4v) is 4.29. The lowest BCUT2D eigenvalue weighted by molar-refractivity contribution is -0.131. The van der Waals surface area contributed by atoms with E-state index in [0.29, 0.717) is 17.0 Å². The predicted octanol–water partition coefficient (Wildman–Crippen LogP) is 3.64.